The molecule has 0 saturated carbocycles. The van der Waals surface area contributed by atoms with Crippen molar-refractivity contribution in [3.05, 3.63) is 64.4 Å². The van der Waals surface area contributed by atoms with Crippen LogP contribution in [-0.4, -0.2) is 23.0 Å². The molecule has 0 aliphatic rings. The van der Waals surface area contributed by atoms with Gasteiger partial charge in [-0.3, -0.25) is 10.1 Å². The zero-order valence-electron chi connectivity index (χ0n) is 18.2. The van der Waals surface area contributed by atoms with Crippen LogP contribution in [0.5, 0.6) is 0 Å². The first-order valence-electron chi connectivity index (χ1n) is 10.6. The monoisotopic (exact) mass is 398 g/mol. The summed E-state index contributed by atoms with van der Waals surface area (Å²) < 4.78 is 0. The maximum atomic E-state index is 6.31. The second-order valence-electron chi connectivity index (χ2n) is 7.10. The number of aromatic amines is 1. The quantitative estimate of drug-likeness (QED) is 0.226. The summed E-state index contributed by atoms with van der Waals surface area (Å²) in [6.45, 7) is 7.18. The van der Waals surface area contributed by atoms with E-state index in [9.17, 15) is 0 Å². The minimum Gasteiger partial charge on any atom is -0.404 e. The normalized spacial score (nSPS) is 14.2. The molecule has 0 saturated heterocycles. The fourth-order valence-electron chi connectivity index (χ4n) is 2.99. The van der Waals surface area contributed by atoms with Crippen LogP contribution in [0.4, 0.5) is 0 Å². The van der Waals surface area contributed by atoms with Gasteiger partial charge in [-0.2, -0.15) is 5.10 Å². The van der Waals surface area contributed by atoms with Crippen molar-refractivity contribution in [2.75, 3.05) is 6.54 Å². The van der Waals surface area contributed by atoms with Crippen LogP contribution in [0.25, 0.3) is 0 Å². The molecule has 0 spiro atoms. The van der Waals surface area contributed by atoms with Crippen molar-refractivity contribution in [2.24, 2.45) is 22.2 Å². The number of allylic oxidation sites excluding steroid dienone is 4. The van der Waals surface area contributed by atoms with Crippen LogP contribution in [0.1, 0.15) is 63.6 Å². The molecule has 1 aromatic rings. The van der Waals surface area contributed by atoms with Crippen molar-refractivity contribution >= 4 is 6.21 Å². The van der Waals surface area contributed by atoms with Crippen LogP contribution in [-0.2, 0) is 6.42 Å². The molecule has 0 unspecified atom stereocenters. The highest BCUT2D eigenvalue weighted by Gasteiger charge is 2.13. The van der Waals surface area contributed by atoms with Gasteiger partial charge in [0, 0.05) is 47.7 Å². The second kappa shape index (κ2) is 14.3. The summed E-state index contributed by atoms with van der Waals surface area (Å²) in [5.41, 5.74) is 23.8. The van der Waals surface area contributed by atoms with Crippen LogP contribution >= 0.6 is 0 Å². The molecule has 0 bridgehead atoms. The fraction of sp³-hybridized carbons (Fsp3) is 0.478. The summed E-state index contributed by atoms with van der Waals surface area (Å²) in [5.74, 6) is 0. The average molecular weight is 399 g/mol. The summed E-state index contributed by atoms with van der Waals surface area (Å²) >= 11 is 0. The Morgan fingerprint density at radius 3 is 2.41 bits per heavy atom. The standard InChI is InChI=1S/C23H38N6/c1-4-6-8-13-27-14-12-23(26)22(16-25)21(15-24)19(9-7-5-2)10-11-20-17-28-29-18(20)3/h10,12,14-17H,4-9,11,13,24-26H2,1-3H3,(H,28,29)/b19-10-,21-15+,22-16?,23-12?,27-14?. The van der Waals surface area contributed by atoms with Gasteiger partial charge in [0.05, 0.1) is 6.20 Å². The lowest BCUT2D eigenvalue weighted by molar-refractivity contribution is 0.729. The molecule has 0 amide bonds. The first-order valence-corrected chi connectivity index (χ1v) is 10.6. The van der Waals surface area contributed by atoms with Gasteiger partial charge in [-0.1, -0.05) is 39.2 Å². The van der Waals surface area contributed by atoms with Crippen LogP contribution in [0, 0.1) is 6.92 Å². The Bertz CT molecular complexity index is 749. The molecule has 1 heterocycles. The molecule has 0 fully saturated rings. The molecule has 0 atom stereocenters. The van der Waals surface area contributed by atoms with E-state index in [1.165, 1.54) is 19.0 Å². The molecular formula is C23H38N6. The van der Waals surface area contributed by atoms with E-state index in [0.717, 1.165) is 66.6 Å². The highest BCUT2D eigenvalue weighted by molar-refractivity contribution is 5.74. The highest BCUT2D eigenvalue weighted by Crippen LogP contribution is 2.27. The molecule has 0 aromatic carbocycles. The number of aryl methyl sites for hydroxylation is 1. The molecule has 29 heavy (non-hydrogen) atoms. The Morgan fingerprint density at radius 2 is 1.83 bits per heavy atom. The maximum absolute atomic E-state index is 6.31. The molecule has 160 valence electrons. The van der Waals surface area contributed by atoms with Gasteiger partial charge in [0.1, 0.15) is 0 Å². The predicted octanol–water partition coefficient (Wildman–Crippen LogP) is 4.17. The van der Waals surface area contributed by atoms with Crippen LogP contribution < -0.4 is 17.2 Å². The van der Waals surface area contributed by atoms with E-state index in [1.54, 1.807) is 18.5 Å². The lowest BCUT2D eigenvalue weighted by Gasteiger charge is -2.16. The van der Waals surface area contributed by atoms with Crippen LogP contribution in [0.3, 0.4) is 0 Å². The van der Waals surface area contributed by atoms with E-state index in [2.05, 4.69) is 35.1 Å². The number of nitrogens with one attached hydrogen (secondary N) is 1. The number of aromatic nitrogens is 2. The van der Waals surface area contributed by atoms with Crippen LogP contribution in [0.2, 0.25) is 0 Å². The number of H-pyrrole nitrogens is 1. The Balaban J connectivity index is 3.02. The van der Waals surface area contributed by atoms with E-state index < -0.39 is 0 Å². The Kier molecular flexibility index (Phi) is 11.9. The van der Waals surface area contributed by atoms with Crippen molar-refractivity contribution in [1.82, 2.24) is 10.2 Å². The lowest BCUT2D eigenvalue weighted by atomic mass is 9.91. The maximum Gasteiger partial charge on any atom is 0.0525 e. The first kappa shape index (κ1) is 24.3. The SMILES string of the molecule is CCCCCN=CC=C(N)C(=CN)C(=C/N)/C(=C\Cc1cn[nH]c1C)CCCC. The highest BCUT2D eigenvalue weighted by atomic mass is 15.1. The predicted molar refractivity (Wildman–Crippen MR) is 124 cm³/mol. The van der Waals surface area contributed by atoms with E-state index in [-0.39, 0.29) is 0 Å². The van der Waals surface area contributed by atoms with Crippen molar-refractivity contribution in [3.63, 3.8) is 0 Å². The Labute approximate surface area is 175 Å². The van der Waals surface area contributed by atoms with Crippen molar-refractivity contribution in [1.29, 1.82) is 0 Å². The molecule has 1 rings (SSSR count). The number of nitrogens with zero attached hydrogens (tertiary/aromatic N) is 2. The van der Waals surface area contributed by atoms with Crippen molar-refractivity contribution in [3.8, 4) is 0 Å². The molecule has 1 aromatic heterocycles. The minimum absolute atomic E-state index is 0.560. The third-order valence-electron chi connectivity index (χ3n) is 4.83. The van der Waals surface area contributed by atoms with E-state index >= 15 is 0 Å². The largest absolute Gasteiger partial charge is 0.404 e. The van der Waals surface area contributed by atoms with Gasteiger partial charge in [-0.25, -0.2) is 0 Å². The smallest absolute Gasteiger partial charge is 0.0525 e. The van der Waals surface area contributed by atoms with E-state index in [4.69, 9.17) is 17.2 Å². The van der Waals surface area contributed by atoms with Gasteiger partial charge >= 0.3 is 0 Å². The summed E-state index contributed by atoms with van der Waals surface area (Å²) in [4.78, 5) is 4.40. The van der Waals surface area contributed by atoms with Gasteiger partial charge in [-0.05, 0) is 49.8 Å². The minimum atomic E-state index is 0.560. The fourth-order valence-corrected chi connectivity index (χ4v) is 2.99. The van der Waals surface area contributed by atoms with Crippen molar-refractivity contribution < 1.29 is 0 Å². The van der Waals surface area contributed by atoms with Gasteiger partial charge in [-0.15, -0.1) is 0 Å². The van der Waals surface area contributed by atoms with Gasteiger partial charge in [0.25, 0.3) is 0 Å². The Hall–Kier alpha value is -2.76. The molecule has 0 radical (unpaired) electrons. The molecule has 0 aliphatic carbocycles. The molecule has 6 nitrogen and oxygen atoms in total. The van der Waals surface area contributed by atoms with Gasteiger partial charge < -0.3 is 17.2 Å². The zero-order valence-corrected chi connectivity index (χ0v) is 18.2. The van der Waals surface area contributed by atoms with Crippen LogP contribution in [0.15, 0.2) is 58.2 Å². The zero-order chi connectivity index (χ0) is 21.5. The number of rotatable bonds is 13. The average Bonchev–Trinajstić information content (AvgIpc) is 3.14. The third kappa shape index (κ3) is 8.42. The van der Waals surface area contributed by atoms with Crippen molar-refractivity contribution in [2.45, 2.75) is 65.7 Å². The lowest BCUT2D eigenvalue weighted by Crippen LogP contribution is -2.10. The summed E-state index contributed by atoms with van der Waals surface area (Å²) in [6.07, 6.45) is 18.0. The third-order valence-corrected chi connectivity index (χ3v) is 4.83. The number of nitrogens with two attached hydrogens (primary N) is 3. The number of hydrogen-bond donors (Lipinski definition) is 4. The van der Waals surface area contributed by atoms with Gasteiger partial charge in [0.15, 0.2) is 0 Å². The second-order valence-corrected chi connectivity index (χ2v) is 7.10. The number of aliphatic imine (C=N–C) groups is 1. The topological polar surface area (TPSA) is 119 Å². The van der Waals surface area contributed by atoms with E-state index in [1.807, 2.05) is 13.1 Å². The van der Waals surface area contributed by atoms with E-state index in [0.29, 0.717) is 5.70 Å². The summed E-state index contributed by atoms with van der Waals surface area (Å²) in [6, 6.07) is 0. The molecule has 6 heteroatoms. The first-order chi connectivity index (χ1) is 14.1. The molecular weight excluding hydrogens is 360 g/mol. The van der Waals surface area contributed by atoms with Gasteiger partial charge in [0.2, 0.25) is 0 Å². The number of hydrogen-bond acceptors (Lipinski definition) is 5. The molecule has 0 aliphatic heterocycles. The summed E-state index contributed by atoms with van der Waals surface area (Å²) in [5, 5.41) is 7.08. The molecule has 7 N–H and O–H groups in total. The Morgan fingerprint density at radius 1 is 1.10 bits per heavy atom. The summed E-state index contributed by atoms with van der Waals surface area (Å²) in [7, 11) is 0. The number of unbranched alkanes of at least 4 members (excludes halogenated alkanes) is 3.